The van der Waals surface area contributed by atoms with Crippen LogP contribution in [0.1, 0.15) is 36.0 Å². The van der Waals surface area contributed by atoms with Gasteiger partial charge in [-0.3, -0.25) is 9.59 Å². The molecular formula is C17H16F3N3O4. The van der Waals surface area contributed by atoms with Crippen molar-refractivity contribution in [1.82, 2.24) is 15.0 Å². The summed E-state index contributed by atoms with van der Waals surface area (Å²) in [7, 11) is 0. The Balaban J connectivity index is 1.76. The highest BCUT2D eigenvalue weighted by atomic mass is 19.4. The predicted octanol–water partition coefficient (Wildman–Crippen LogP) is 3.08. The van der Waals surface area contributed by atoms with E-state index in [9.17, 15) is 22.8 Å². The summed E-state index contributed by atoms with van der Waals surface area (Å²) in [6.45, 7) is 1.63. The maximum absolute atomic E-state index is 12.7. The van der Waals surface area contributed by atoms with Gasteiger partial charge in [-0.15, -0.1) is 0 Å². The van der Waals surface area contributed by atoms with Gasteiger partial charge in [0.1, 0.15) is 0 Å². The average molecular weight is 383 g/mol. The van der Waals surface area contributed by atoms with E-state index in [1.54, 1.807) is 0 Å². The number of carbonyl (C=O) groups excluding carboxylic acids is 1. The normalized spacial score (nSPS) is 15.4. The van der Waals surface area contributed by atoms with Gasteiger partial charge in [0.2, 0.25) is 5.82 Å². The van der Waals surface area contributed by atoms with Gasteiger partial charge in [-0.2, -0.15) is 18.2 Å². The van der Waals surface area contributed by atoms with E-state index in [-0.39, 0.29) is 29.9 Å². The summed E-state index contributed by atoms with van der Waals surface area (Å²) >= 11 is 0. The lowest BCUT2D eigenvalue weighted by molar-refractivity contribution is -0.159. The quantitative estimate of drug-likeness (QED) is 0.824. The molecule has 0 bridgehead atoms. The fraction of sp³-hybridized carbons (Fsp3) is 0.412. The monoisotopic (exact) mass is 383 g/mol. The summed E-state index contributed by atoms with van der Waals surface area (Å²) in [5.74, 6) is -3.68. The Labute approximate surface area is 151 Å². The molecule has 27 heavy (non-hydrogen) atoms. The minimum absolute atomic E-state index is 0.0190. The molecule has 10 heteroatoms. The van der Waals surface area contributed by atoms with Crippen molar-refractivity contribution < 1.29 is 32.4 Å². The topological polar surface area (TPSA) is 96.5 Å². The number of aromatic nitrogens is 2. The smallest absolute Gasteiger partial charge is 0.471 e. The first-order valence-electron chi connectivity index (χ1n) is 8.22. The van der Waals surface area contributed by atoms with Crippen molar-refractivity contribution in [2.45, 2.75) is 32.0 Å². The van der Waals surface area contributed by atoms with Crippen molar-refractivity contribution >= 4 is 11.9 Å². The number of rotatable bonds is 6. The summed E-state index contributed by atoms with van der Waals surface area (Å²) in [6.07, 6.45) is -3.09. The van der Waals surface area contributed by atoms with Gasteiger partial charge in [0.25, 0.3) is 5.91 Å². The van der Waals surface area contributed by atoms with E-state index < -0.39 is 24.0 Å². The zero-order valence-electron chi connectivity index (χ0n) is 14.2. The molecule has 1 aromatic heterocycles. The second kappa shape index (κ2) is 7.01. The molecule has 1 unspecified atom stereocenters. The molecule has 1 aliphatic carbocycles. The number of aliphatic carboxylic acids is 1. The van der Waals surface area contributed by atoms with E-state index in [0.717, 1.165) is 12.8 Å². The second-order valence-electron chi connectivity index (χ2n) is 6.43. The highest BCUT2D eigenvalue weighted by Crippen LogP contribution is 2.31. The van der Waals surface area contributed by atoms with Crippen LogP contribution in [0.25, 0.3) is 11.4 Å². The van der Waals surface area contributed by atoms with Crippen LogP contribution < -0.4 is 0 Å². The number of hydrogen-bond donors (Lipinski definition) is 1. The zero-order valence-corrected chi connectivity index (χ0v) is 14.2. The summed E-state index contributed by atoms with van der Waals surface area (Å²) < 4.78 is 41.8. The molecule has 2 aromatic rings. The summed E-state index contributed by atoms with van der Waals surface area (Å²) in [4.78, 5) is 28.6. The SMILES string of the molecule is CC(CN(C(=O)c1ccc(-c2noc(C(F)(F)F)n2)cc1)C1CC1)C(=O)O. The van der Waals surface area contributed by atoms with Crippen LogP contribution >= 0.6 is 0 Å². The van der Waals surface area contributed by atoms with Gasteiger partial charge in [-0.1, -0.05) is 24.2 Å². The fourth-order valence-corrected chi connectivity index (χ4v) is 2.54. The third-order valence-electron chi connectivity index (χ3n) is 4.20. The van der Waals surface area contributed by atoms with E-state index in [2.05, 4.69) is 14.7 Å². The van der Waals surface area contributed by atoms with Crippen molar-refractivity contribution in [2.75, 3.05) is 6.54 Å². The van der Waals surface area contributed by atoms with Crippen LogP contribution in [0.5, 0.6) is 0 Å². The molecule has 1 fully saturated rings. The second-order valence-corrected chi connectivity index (χ2v) is 6.43. The molecule has 0 saturated heterocycles. The number of benzene rings is 1. The first kappa shape index (κ1) is 18.9. The van der Waals surface area contributed by atoms with Crippen LogP contribution in [0.15, 0.2) is 28.8 Å². The average Bonchev–Trinajstić information content (AvgIpc) is 3.32. The van der Waals surface area contributed by atoms with Crippen molar-refractivity contribution in [3.05, 3.63) is 35.7 Å². The molecule has 1 saturated carbocycles. The predicted molar refractivity (Wildman–Crippen MR) is 85.6 cm³/mol. The lowest BCUT2D eigenvalue weighted by Gasteiger charge is -2.24. The van der Waals surface area contributed by atoms with Gasteiger partial charge in [0.15, 0.2) is 0 Å². The van der Waals surface area contributed by atoms with Gasteiger partial charge in [-0.25, -0.2) is 0 Å². The molecule has 0 radical (unpaired) electrons. The van der Waals surface area contributed by atoms with Crippen LogP contribution in [0.3, 0.4) is 0 Å². The summed E-state index contributed by atoms with van der Waals surface area (Å²) in [5.41, 5.74) is 0.574. The molecule has 0 spiro atoms. The maximum atomic E-state index is 12.7. The molecule has 0 aliphatic heterocycles. The molecular weight excluding hydrogens is 367 g/mol. The number of carbonyl (C=O) groups is 2. The Morgan fingerprint density at radius 1 is 1.30 bits per heavy atom. The number of carboxylic acids is 1. The maximum Gasteiger partial charge on any atom is 0.471 e. The van der Waals surface area contributed by atoms with Gasteiger partial charge in [0.05, 0.1) is 5.92 Å². The standard InChI is InChI=1S/C17H16F3N3O4/c1-9(15(25)26)8-23(12-6-7-12)14(24)11-4-2-10(3-5-11)13-21-16(27-22-13)17(18,19)20/h2-5,9,12H,6-8H2,1H3,(H,25,26). The Hall–Kier alpha value is -2.91. The van der Waals surface area contributed by atoms with Crippen LogP contribution in [0.4, 0.5) is 13.2 Å². The van der Waals surface area contributed by atoms with Gasteiger partial charge in [-0.05, 0) is 25.0 Å². The molecule has 1 atom stereocenters. The minimum Gasteiger partial charge on any atom is -0.481 e. The first-order chi connectivity index (χ1) is 12.7. The number of nitrogens with zero attached hydrogens (tertiary/aromatic N) is 3. The van der Waals surface area contributed by atoms with Gasteiger partial charge in [0, 0.05) is 23.7 Å². The molecule has 1 heterocycles. The number of amides is 1. The highest BCUT2D eigenvalue weighted by Gasteiger charge is 2.38. The number of alkyl halides is 3. The van der Waals surface area contributed by atoms with E-state index in [0.29, 0.717) is 5.56 Å². The lowest BCUT2D eigenvalue weighted by atomic mass is 10.1. The molecule has 3 rings (SSSR count). The first-order valence-corrected chi connectivity index (χ1v) is 8.22. The fourth-order valence-electron chi connectivity index (χ4n) is 2.54. The molecule has 1 aromatic carbocycles. The van der Waals surface area contributed by atoms with E-state index >= 15 is 0 Å². The molecule has 7 nitrogen and oxygen atoms in total. The minimum atomic E-state index is -4.73. The van der Waals surface area contributed by atoms with Crippen molar-refractivity contribution in [3.8, 4) is 11.4 Å². The molecule has 1 aliphatic rings. The zero-order chi connectivity index (χ0) is 19.8. The summed E-state index contributed by atoms with van der Waals surface area (Å²) in [5, 5.41) is 12.4. The molecule has 1 N–H and O–H groups in total. The Morgan fingerprint density at radius 2 is 1.93 bits per heavy atom. The molecule has 1 amide bonds. The number of hydrogen-bond acceptors (Lipinski definition) is 5. The van der Waals surface area contributed by atoms with Crippen LogP contribution in [0, 0.1) is 5.92 Å². The molecule has 144 valence electrons. The number of carboxylic acid groups (broad SMARTS) is 1. The van der Waals surface area contributed by atoms with Crippen molar-refractivity contribution in [2.24, 2.45) is 5.92 Å². The van der Waals surface area contributed by atoms with Gasteiger partial charge >= 0.3 is 18.0 Å². The van der Waals surface area contributed by atoms with E-state index in [1.807, 2.05) is 0 Å². The summed E-state index contributed by atoms with van der Waals surface area (Å²) in [6, 6.07) is 5.75. The number of halogens is 3. The van der Waals surface area contributed by atoms with Crippen molar-refractivity contribution in [1.29, 1.82) is 0 Å². The Morgan fingerprint density at radius 3 is 2.41 bits per heavy atom. The van der Waals surface area contributed by atoms with Crippen LogP contribution in [-0.4, -0.2) is 44.6 Å². The van der Waals surface area contributed by atoms with Crippen LogP contribution in [0.2, 0.25) is 0 Å². The lowest BCUT2D eigenvalue weighted by Crippen LogP contribution is -2.38. The highest BCUT2D eigenvalue weighted by molar-refractivity contribution is 5.95. The third-order valence-corrected chi connectivity index (χ3v) is 4.20. The Kier molecular flexibility index (Phi) is 4.90. The largest absolute Gasteiger partial charge is 0.481 e. The van der Waals surface area contributed by atoms with Crippen molar-refractivity contribution in [3.63, 3.8) is 0 Å². The Bertz CT molecular complexity index is 844. The van der Waals surface area contributed by atoms with E-state index in [4.69, 9.17) is 5.11 Å². The van der Waals surface area contributed by atoms with Crippen LogP contribution in [-0.2, 0) is 11.0 Å². The third kappa shape index (κ3) is 4.26. The van der Waals surface area contributed by atoms with Gasteiger partial charge < -0.3 is 14.5 Å². The van der Waals surface area contributed by atoms with E-state index in [1.165, 1.54) is 36.1 Å².